The number of anilines is 1. The van der Waals surface area contributed by atoms with Gasteiger partial charge in [0.2, 0.25) is 0 Å². The predicted octanol–water partition coefficient (Wildman–Crippen LogP) is 4.75. The zero-order valence-corrected chi connectivity index (χ0v) is 16.4. The number of urea groups is 1. The van der Waals surface area contributed by atoms with Gasteiger partial charge in [-0.15, -0.1) is 0 Å². The van der Waals surface area contributed by atoms with Crippen LogP contribution in [0.5, 0.6) is 0 Å². The quantitative estimate of drug-likeness (QED) is 0.650. The first-order valence-corrected chi connectivity index (χ1v) is 9.60. The number of rotatable bonds is 5. The Hall–Kier alpha value is -3.23. The third kappa shape index (κ3) is 4.19. The fourth-order valence-electron chi connectivity index (χ4n) is 3.77. The van der Waals surface area contributed by atoms with Crippen molar-refractivity contribution >= 4 is 11.7 Å². The van der Waals surface area contributed by atoms with Crippen LogP contribution >= 0.6 is 0 Å². The molecule has 0 bridgehead atoms. The molecule has 0 saturated heterocycles. The highest BCUT2D eigenvalue weighted by molar-refractivity contribution is 5.89. The average Bonchev–Trinajstić information content (AvgIpc) is 3.42. The van der Waals surface area contributed by atoms with Crippen LogP contribution < -0.4 is 5.32 Å². The van der Waals surface area contributed by atoms with Gasteiger partial charge in [-0.2, -0.15) is 18.3 Å². The van der Waals surface area contributed by atoms with Gasteiger partial charge in [0.1, 0.15) is 5.76 Å². The van der Waals surface area contributed by atoms with E-state index in [1.54, 1.807) is 12.1 Å². The van der Waals surface area contributed by atoms with E-state index in [1.807, 2.05) is 11.7 Å². The van der Waals surface area contributed by atoms with Crippen molar-refractivity contribution in [2.75, 3.05) is 5.32 Å². The number of aryl methyl sites for hydroxylation is 1. The summed E-state index contributed by atoms with van der Waals surface area (Å²) >= 11 is 0. The van der Waals surface area contributed by atoms with E-state index in [1.165, 1.54) is 29.0 Å². The number of nitrogens with zero attached hydrogens (tertiary/aromatic N) is 3. The van der Waals surface area contributed by atoms with Gasteiger partial charge in [0.25, 0.3) is 0 Å². The van der Waals surface area contributed by atoms with Gasteiger partial charge in [-0.05, 0) is 55.2 Å². The Morgan fingerprint density at radius 3 is 2.80 bits per heavy atom. The molecule has 1 aromatic carbocycles. The number of amides is 2. The zero-order chi connectivity index (χ0) is 21.3. The lowest BCUT2D eigenvalue weighted by Crippen LogP contribution is -2.34. The summed E-state index contributed by atoms with van der Waals surface area (Å²) in [6, 6.07) is 7.51. The second-order valence-electron chi connectivity index (χ2n) is 7.29. The first-order chi connectivity index (χ1) is 14.3. The highest BCUT2D eigenvalue weighted by atomic mass is 19.4. The monoisotopic (exact) mass is 418 g/mol. The van der Waals surface area contributed by atoms with Gasteiger partial charge in [-0.1, -0.05) is 6.07 Å². The lowest BCUT2D eigenvalue weighted by atomic mass is 10.2. The maximum absolute atomic E-state index is 13.0. The lowest BCUT2D eigenvalue weighted by molar-refractivity contribution is -0.137. The number of aromatic nitrogens is 2. The van der Waals surface area contributed by atoms with Gasteiger partial charge in [0, 0.05) is 18.4 Å². The Labute approximate surface area is 171 Å². The van der Waals surface area contributed by atoms with E-state index < -0.39 is 17.8 Å². The molecule has 1 aliphatic carbocycles. The first kappa shape index (κ1) is 20.1. The number of alkyl halides is 3. The Kier molecular flexibility index (Phi) is 5.27. The van der Waals surface area contributed by atoms with Crippen LogP contribution in [0, 0.1) is 0 Å². The van der Waals surface area contributed by atoms with Gasteiger partial charge in [-0.3, -0.25) is 4.68 Å². The van der Waals surface area contributed by atoms with E-state index in [4.69, 9.17) is 4.42 Å². The molecule has 2 amide bonds. The molecule has 0 saturated carbocycles. The number of hydrogen-bond donors (Lipinski definition) is 1. The number of carbonyl (C=O) groups excluding carboxylic acids is 1. The molecule has 6 nitrogen and oxygen atoms in total. The summed E-state index contributed by atoms with van der Waals surface area (Å²) in [5.41, 5.74) is 2.37. The molecule has 2 aromatic heterocycles. The van der Waals surface area contributed by atoms with Crippen molar-refractivity contribution in [2.45, 2.75) is 38.5 Å². The summed E-state index contributed by atoms with van der Waals surface area (Å²) in [6.07, 6.45) is -0.0712. The summed E-state index contributed by atoms with van der Waals surface area (Å²) in [7, 11) is 1.88. The molecular weight excluding hydrogens is 397 g/mol. The number of carbonyl (C=O) groups is 1. The molecule has 0 atom stereocenters. The summed E-state index contributed by atoms with van der Waals surface area (Å²) in [5, 5.41) is 7.13. The predicted molar refractivity (Wildman–Crippen MR) is 104 cm³/mol. The van der Waals surface area contributed by atoms with Crippen molar-refractivity contribution in [2.24, 2.45) is 7.05 Å². The number of benzene rings is 1. The molecule has 9 heteroatoms. The molecule has 0 radical (unpaired) electrons. The van der Waals surface area contributed by atoms with Gasteiger partial charge < -0.3 is 14.6 Å². The molecule has 4 rings (SSSR count). The fourth-order valence-corrected chi connectivity index (χ4v) is 3.77. The van der Waals surface area contributed by atoms with Crippen molar-refractivity contribution < 1.29 is 22.4 Å². The largest absolute Gasteiger partial charge is 0.467 e. The Bertz CT molecular complexity index is 1040. The van der Waals surface area contributed by atoms with Crippen LogP contribution in [0.3, 0.4) is 0 Å². The number of furan rings is 1. The van der Waals surface area contributed by atoms with E-state index in [2.05, 4.69) is 10.4 Å². The second kappa shape index (κ2) is 7.89. The summed E-state index contributed by atoms with van der Waals surface area (Å²) in [6.45, 7) is 0.401. The Morgan fingerprint density at radius 1 is 1.23 bits per heavy atom. The van der Waals surface area contributed by atoms with Crippen LogP contribution in [0.2, 0.25) is 0 Å². The Morgan fingerprint density at radius 2 is 2.07 bits per heavy atom. The molecule has 2 heterocycles. The van der Waals surface area contributed by atoms with Crippen LogP contribution in [-0.4, -0.2) is 20.7 Å². The minimum absolute atomic E-state index is 0.0746. The van der Waals surface area contributed by atoms with Gasteiger partial charge in [0.15, 0.2) is 0 Å². The average molecular weight is 418 g/mol. The van der Waals surface area contributed by atoms with E-state index in [9.17, 15) is 18.0 Å². The highest BCUT2D eigenvalue weighted by Gasteiger charge is 2.31. The summed E-state index contributed by atoms with van der Waals surface area (Å²) in [4.78, 5) is 14.5. The van der Waals surface area contributed by atoms with Crippen molar-refractivity contribution in [1.29, 1.82) is 0 Å². The van der Waals surface area contributed by atoms with E-state index in [0.29, 0.717) is 5.76 Å². The zero-order valence-electron chi connectivity index (χ0n) is 16.4. The van der Waals surface area contributed by atoms with E-state index in [0.717, 1.165) is 42.7 Å². The van der Waals surface area contributed by atoms with Crippen LogP contribution in [0.4, 0.5) is 23.7 Å². The molecule has 30 heavy (non-hydrogen) atoms. The third-order valence-corrected chi connectivity index (χ3v) is 5.19. The molecule has 0 unspecified atom stereocenters. The van der Waals surface area contributed by atoms with Crippen molar-refractivity contribution in [3.63, 3.8) is 0 Å². The van der Waals surface area contributed by atoms with Crippen LogP contribution in [0.1, 0.15) is 34.7 Å². The molecule has 0 aliphatic heterocycles. The molecule has 3 aromatic rings. The van der Waals surface area contributed by atoms with E-state index in [-0.39, 0.29) is 18.8 Å². The number of nitrogens with one attached hydrogen (secondary N) is 1. The molecule has 0 spiro atoms. The minimum Gasteiger partial charge on any atom is -0.467 e. The minimum atomic E-state index is -4.48. The number of halogens is 3. The van der Waals surface area contributed by atoms with E-state index >= 15 is 0 Å². The molecule has 1 N–H and O–H groups in total. The molecule has 158 valence electrons. The number of fused-ring (bicyclic) bond motifs is 1. The van der Waals surface area contributed by atoms with Gasteiger partial charge in [-0.25, -0.2) is 4.79 Å². The normalized spacial score (nSPS) is 13.3. The van der Waals surface area contributed by atoms with Gasteiger partial charge >= 0.3 is 12.2 Å². The first-order valence-electron chi connectivity index (χ1n) is 9.60. The maximum atomic E-state index is 13.0. The highest BCUT2D eigenvalue weighted by Crippen LogP contribution is 2.31. The second-order valence-corrected chi connectivity index (χ2v) is 7.29. The van der Waals surface area contributed by atoms with Crippen LogP contribution in [0.15, 0.2) is 47.1 Å². The smallest absolute Gasteiger partial charge is 0.416 e. The Balaban J connectivity index is 1.57. The van der Waals surface area contributed by atoms with Gasteiger partial charge in [0.05, 0.1) is 30.6 Å². The van der Waals surface area contributed by atoms with Crippen molar-refractivity contribution in [1.82, 2.24) is 14.7 Å². The summed E-state index contributed by atoms with van der Waals surface area (Å²) in [5.74, 6) is 0.571. The maximum Gasteiger partial charge on any atom is 0.416 e. The lowest BCUT2D eigenvalue weighted by Gasteiger charge is -2.22. The summed E-state index contributed by atoms with van der Waals surface area (Å²) < 4.78 is 46.2. The molecule has 1 aliphatic rings. The SMILES string of the molecule is Cn1nc(CN(Cc2ccco2)C(=O)Nc2cccc(C(F)(F)F)c2)c2c1CCC2. The number of hydrogen-bond acceptors (Lipinski definition) is 3. The molecule has 0 fully saturated rings. The van der Waals surface area contributed by atoms with Crippen LogP contribution in [-0.2, 0) is 39.2 Å². The van der Waals surface area contributed by atoms with Crippen LogP contribution in [0.25, 0.3) is 0 Å². The third-order valence-electron chi connectivity index (χ3n) is 5.19. The van der Waals surface area contributed by atoms with Crippen molar-refractivity contribution in [3.05, 3.63) is 70.9 Å². The standard InChI is InChI=1S/C21H21F3N4O2/c1-27-19-9-3-8-17(19)18(26-27)13-28(12-16-7-4-10-30-16)20(29)25-15-6-2-5-14(11-15)21(22,23)24/h2,4-7,10-11H,3,8-9,12-13H2,1H3,(H,25,29). The van der Waals surface area contributed by atoms with Crippen molar-refractivity contribution in [3.8, 4) is 0 Å². The topological polar surface area (TPSA) is 63.3 Å². The fraction of sp³-hybridized carbons (Fsp3) is 0.333. The molecular formula is C21H21F3N4O2.